The molecule has 1 aromatic heterocycles. The van der Waals surface area contributed by atoms with Crippen LogP contribution < -0.4 is 0 Å². The Bertz CT molecular complexity index is 832. The predicted molar refractivity (Wildman–Crippen MR) is 89.3 cm³/mol. The standard InChI is InChI=1S/C18H15BrN2/c1-18(2)15-6-4-3-5-12(15)14-8-17(19)13(7-16(14)18)11-9-20-21-10-11/h3-10H,1-2H3,(H,20,21). The van der Waals surface area contributed by atoms with E-state index in [2.05, 4.69) is 76.4 Å². The molecule has 2 nitrogen and oxygen atoms in total. The first-order valence-corrected chi connectivity index (χ1v) is 7.81. The Labute approximate surface area is 132 Å². The number of aromatic nitrogens is 2. The van der Waals surface area contributed by atoms with Crippen molar-refractivity contribution in [3.05, 3.63) is 64.4 Å². The third-order valence-electron chi connectivity index (χ3n) is 4.48. The summed E-state index contributed by atoms with van der Waals surface area (Å²) in [7, 11) is 0. The highest BCUT2D eigenvalue weighted by Crippen LogP contribution is 2.50. The molecule has 0 bridgehead atoms. The molecule has 1 aliphatic rings. The van der Waals surface area contributed by atoms with Crippen LogP contribution in [0.5, 0.6) is 0 Å². The van der Waals surface area contributed by atoms with E-state index in [1.54, 1.807) is 0 Å². The van der Waals surface area contributed by atoms with Crippen LogP contribution >= 0.6 is 15.9 Å². The number of benzene rings is 2. The lowest BCUT2D eigenvalue weighted by atomic mass is 9.82. The molecular weight excluding hydrogens is 324 g/mol. The molecule has 1 heterocycles. The Morgan fingerprint density at radius 2 is 1.81 bits per heavy atom. The van der Waals surface area contributed by atoms with Crippen molar-refractivity contribution in [1.29, 1.82) is 0 Å². The van der Waals surface area contributed by atoms with E-state index in [9.17, 15) is 0 Å². The molecule has 21 heavy (non-hydrogen) atoms. The molecule has 0 spiro atoms. The first-order valence-electron chi connectivity index (χ1n) is 7.02. The first kappa shape index (κ1) is 12.8. The molecule has 1 N–H and O–H groups in total. The van der Waals surface area contributed by atoms with Crippen LogP contribution in [0.2, 0.25) is 0 Å². The fourth-order valence-electron chi connectivity index (χ4n) is 3.34. The van der Waals surface area contributed by atoms with Gasteiger partial charge in [-0.05, 0) is 39.9 Å². The van der Waals surface area contributed by atoms with Gasteiger partial charge in [0.15, 0.2) is 0 Å². The highest BCUT2D eigenvalue weighted by Gasteiger charge is 2.35. The van der Waals surface area contributed by atoms with Crippen LogP contribution in [0.4, 0.5) is 0 Å². The van der Waals surface area contributed by atoms with Gasteiger partial charge in [-0.3, -0.25) is 5.10 Å². The zero-order valence-corrected chi connectivity index (χ0v) is 13.5. The molecule has 1 aliphatic carbocycles. The van der Waals surface area contributed by atoms with Gasteiger partial charge in [-0.25, -0.2) is 0 Å². The van der Waals surface area contributed by atoms with Gasteiger partial charge in [0.1, 0.15) is 0 Å². The van der Waals surface area contributed by atoms with Crippen LogP contribution in [0.1, 0.15) is 25.0 Å². The Morgan fingerprint density at radius 1 is 1.00 bits per heavy atom. The lowest BCUT2D eigenvalue weighted by Crippen LogP contribution is -2.14. The van der Waals surface area contributed by atoms with E-state index in [0.29, 0.717) is 0 Å². The monoisotopic (exact) mass is 338 g/mol. The summed E-state index contributed by atoms with van der Waals surface area (Å²) < 4.78 is 1.11. The number of aromatic amines is 1. The Balaban J connectivity index is 2.02. The molecule has 0 radical (unpaired) electrons. The van der Waals surface area contributed by atoms with Crippen LogP contribution in [-0.2, 0) is 5.41 Å². The van der Waals surface area contributed by atoms with E-state index in [0.717, 1.165) is 10.0 Å². The number of hydrogen-bond acceptors (Lipinski definition) is 1. The van der Waals surface area contributed by atoms with Gasteiger partial charge in [-0.1, -0.05) is 54.0 Å². The fraction of sp³-hybridized carbons (Fsp3) is 0.167. The second-order valence-corrected chi connectivity index (χ2v) is 6.89. The highest BCUT2D eigenvalue weighted by atomic mass is 79.9. The minimum atomic E-state index is 0.0328. The van der Waals surface area contributed by atoms with Crippen molar-refractivity contribution in [1.82, 2.24) is 10.2 Å². The van der Waals surface area contributed by atoms with E-state index in [1.807, 2.05) is 12.4 Å². The zero-order chi connectivity index (χ0) is 14.6. The number of nitrogens with one attached hydrogen (secondary N) is 1. The molecule has 0 unspecified atom stereocenters. The van der Waals surface area contributed by atoms with Gasteiger partial charge in [0.25, 0.3) is 0 Å². The molecule has 0 aliphatic heterocycles. The minimum absolute atomic E-state index is 0.0328. The van der Waals surface area contributed by atoms with Crippen LogP contribution in [-0.4, -0.2) is 10.2 Å². The maximum atomic E-state index is 4.06. The smallest absolute Gasteiger partial charge is 0.0566 e. The topological polar surface area (TPSA) is 28.7 Å². The summed E-state index contributed by atoms with van der Waals surface area (Å²) in [5, 5.41) is 6.95. The van der Waals surface area contributed by atoms with Gasteiger partial charge >= 0.3 is 0 Å². The maximum absolute atomic E-state index is 4.06. The molecule has 0 atom stereocenters. The molecule has 0 saturated heterocycles. The van der Waals surface area contributed by atoms with Gasteiger partial charge in [-0.15, -0.1) is 0 Å². The highest BCUT2D eigenvalue weighted by molar-refractivity contribution is 9.10. The molecule has 3 aromatic rings. The largest absolute Gasteiger partial charge is 0.285 e. The lowest BCUT2D eigenvalue weighted by Gasteiger charge is -2.22. The van der Waals surface area contributed by atoms with E-state index < -0.39 is 0 Å². The number of fused-ring (bicyclic) bond motifs is 3. The summed E-state index contributed by atoms with van der Waals surface area (Å²) in [6.45, 7) is 4.59. The Kier molecular flexibility index (Phi) is 2.64. The SMILES string of the molecule is CC1(C)c2ccccc2-c2cc(Br)c(-c3cn[nH]c3)cc21. The average molecular weight is 339 g/mol. The van der Waals surface area contributed by atoms with Crippen molar-refractivity contribution in [3.63, 3.8) is 0 Å². The van der Waals surface area contributed by atoms with Crippen LogP contribution in [0.15, 0.2) is 53.3 Å². The van der Waals surface area contributed by atoms with Crippen molar-refractivity contribution >= 4 is 15.9 Å². The third kappa shape index (κ3) is 1.74. The number of hydrogen-bond donors (Lipinski definition) is 1. The Hall–Kier alpha value is -1.87. The maximum Gasteiger partial charge on any atom is 0.0566 e. The first-order chi connectivity index (χ1) is 10.1. The molecule has 0 amide bonds. The molecule has 4 rings (SSSR count). The molecule has 0 fully saturated rings. The van der Waals surface area contributed by atoms with Gasteiger partial charge < -0.3 is 0 Å². The summed E-state index contributed by atoms with van der Waals surface area (Å²) in [6, 6.07) is 13.2. The van der Waals surface area contributed by atoms with Gasteiger partial charge in [0.2, 0.25) is 0 Å². The van der Waals surface area contributed by atoms with E-state index >= 15 is 0 Å². The van der Waals surface area contributed by atoms with Crippen molar-refractivity contribution < 1.29 is 0 Å². The summed E-state index contributed by atoms with van der Waals surface area (Å²) in [6.07, 6.45) is 3.79. The minimum Gasteiger partial charge on any atom is -0.285 e. The summed E-state index contributed by atoms with van der Waals surface area (Å²) in [4.78, 5) is 0. The summed E-state index contributed by atoms with van der Waals surface area (Å²) in [5.41, 5.74) is 7.77. The zero-order valence-electron chi connectivity index (χ0n) is 11.9. The van der Waals surface area contributed by atoms with Crippen molar-refractivity contribution in [3.8, 4) is 22.3 Å². The fourth-order valence-corrected chi connectivity index (χ4v) is 3.91. The molecular formula is C18H15BrN2. The van der Waals surface area contributed by atoms with Gasteiger partial charge in [0.05, 0.1) is 6.20 Å². The lowest BCUT2D eigenvalue weighted by molar-refractivity contribution is 0.660. The third-order valence-corrected chi connectivity index (χ3v) is 5.14. The molecule has 2 aromatic carbocycles. The van der Waals surface area contributed by atoms with E-state index in [1.165, 1.54) is 27.8 Å². The second-order valence-electron chi connectivity index (χ2n) is 6.04. The van der Waals surface area contributed by atoms with Crippen molar-refractivity contribution in [2.75, 3.05) is 0 Å². The van der Waals surface area contributed by atoms with Crippen molar-refractivity contribution in [2.24, 2.45) is 0 Å². The van der Waals surface area contributed by atoms with Crippen LogP contribution in [0.3, 0.4) is 0 Å². The molecule has 104 valence electrons. The molecule has 3 heteroatoms. The van der Waals surface area contributed by atoms with Crippen molar-refractivity contribution in [2.45, 2.75) is 19.3 Å². The Morgan fingerprint density at radius 3 is 2.57 bits per heavy atom. The number of H-pyrrole nitrogens is 1. The van der Waals surface area contributed by atoms with Crippen LogP contribution in [0.25, 0.3) is 22.3 Å². The number of halogens is 1. The number of nitrogens with zero attached hydrogens (tertiary/aromatic N) is 1. The normalized spacial score (nSPS) is 14.8. The summed E-state index contributed by atoms with van der Waals surface area (Å²) in [5.74, 6) is 0. The van der Waals surface area contributed by atoms with E-state index in [4.69, 9.17) is 0 Å². The quantitative estimate of drug-likeness (QED) is 0.653. The van der Waals surface area contributed by atoms with Crippen LogP contribution in [0, 0.1) is 0 Å². The van der Waals surface area contributed by atoms with E-state index in [-0.39, 0.29) is 5.41 Å². The summed E-state index contributed by atoms with van der Waals surface area (Å²) >= 11 is 3.72. The molecule has 0 saturated carbocycles. The predicted octanol–water partition coefficient (Wildman–Crippen LogP) is 5.15. The van der Waals surface area contributed by atoms with Gasteiger partial charge in [0, 0.05) is 21.6 Å². The number of rotatable bonds is 1. The second kappa shape index (κ2) is 4.31. The average Bonchev–Trinajstić information content (AvgIpc) is 3.06. The van der Waals surface area contributed by atoms with Gasteiger partial charge in [-0.2, -0.15) is 5.10 Å².